The quantitative estimate of drug-likeness (QED) is 0.724. The molecule has 0 radical (unpaired) electrons. The molecular formula is C22H35NO3. The van der Waals surface area contributed by atoms with Crippen molar-refractivity contribution in [2.24, 2.45) is 17.8 Å². The van der Waals surface area contributed by atoms with Crippen LogP contribution in [0.2, 0.25) is 0 Å². The van der Waals surface area contributed by atoms with Gasteiger partial charge >= 0.3 is 0 Å². The average Bonchev–Trinajstić information content (AvgIpc) is 2.64. The van der Waals surface area contributed by atoms with Gasteiger partial charge in [-0.3, -0.25) is 4.90 Å². The fourth-order valence-corrected chi connectivity index (χ4v) is 4.85. The van der Waals surface area contributed by atoms with Gasteiger partial charge in [0.05, 0.1) is 14.2 Å². The van der Waals surface area contributed by atoms with Gasteiger partial charge in [0, 0.05) is 32.3 Å². The molecule has 4 nitrogen and oxygen atoms in total. The maximum Gasteiger partial charge on any atom is 0.161 e. The monoisotopic (exact) mass is 361 g/mol. The lowest BCUT2D eigenvalue weighted by Crippen LogP contribution is -2.47. The predicted octanol–water partition coefficient (Wildman–Crippen LogP) is 4.32. The summed E-state index contributed by atoms with van der Waals surface area (Å²) in [6.45, 7) is 10.8. The Labute approximate surface area is 158 Å². The van der Waals surface area contributed by atoms with Gasteiger partial charge in [0.1, 0.15) is 0 Å². The highest BCUT2D eigenvalue weighted by molar-refractivity contribution is 5.49. The first-order valence-corrected chi connectivity index (χ1v) is 10.1. The number of benzene rings is 1. The third-order valence-electron chi connectivity index (χ3n) is 6.09. The number of nitrogens with zero attached hydrogens (tertiary/aromatic N) is 1. The lowest BCUT2D eigenvalue weighted by atomic mass is 9.74. The fourth-order valence-electron chi connectivity index (χ4n) is 4.85. The van der Waals surface area contributed by atoms with Crippen molar-refractivity contribution < 1.29 is 14.2 Å². The molecule has 0 saturated carbocycles. The van der Waals surface area contributed by atoms with Crippen molar-refractivity contribution in [2.75, 3.05) is 40.5 Å². The molecule has 2 heterocycles. The first-order chi connectivity index (χ1) is 12.6. The van der Waals surface area contributed by atoms with Crippen molar-refractivity contribution in [1.29, 1.82) is 0 Å². The zero-order valence-corrected chi connectivity index (χ0v) is 17.1. The Bertz CT molecular complexity index is 601. The van der Waals surface area contributed by atoms with Crippen LogP contribution < -0.4 is 9.47 Å². The van der Waals surface area contributed by atoms with Crippen LogP contribution in [0.5, 0.6) is 11.5 Å². The molecule has 26 heavy (non-hydrogen) atoms. The molecule has 0 N–H and O–H groups in total. The minimum Gasteiger partial charge on any atom is -0.493 e. The number of rotatable bonds is 7. The second kappa shape index (κ2) is 8.62. The minimum atomic E-state index is 0.479. The summed E-state index contributed by atoms with van der Waals surface area (Å²) in [5.41, 5.74) is 2.85. The second-order valence-corrected chi connectivity index (χ2v) is 8.21. The molecule has 1 aromatic rings. The molecule has 1 aromatic carbocycles. The maximum atomic E-state index is 5.87. The number of ether oxygens (including phenoxy) is 3. The Morgan fingerprint density at radius 1 is 1.12 bits per heavy atom. The summed E-state index contributed by atoms with van der Waals surface area (Å²) in [5.74, 6) is 3.80. The van der Waals surface area contributed by atoms with Crippen molar-refractivity contribution >= 4 is 0 Å². The summed E-state index contributed by atoms with van der Waals surface area (Å²) < 4.78 is 17.0. The molecule has 0 aromatic heterocycles. The van der Waals surface area contributed by atoms with Crippen LogP contribution in [0.3, 0.4) is 0 Å². The highest BCUT2D eigenvalue weighted by Gasteiger charge is 2.39. The summed E-state index contributed by atoms with van der Waals surface area (Å²) in [6, 6.07) is 4.88. The predicted molar refractivity (Wildman–Crippen MR) is 105 cm³/mol. The minimum absolute atomic E-state index is 0.479. The SMILES string of the molecule is CCOCC1CC2c3cc(OC)c(OC)cc3CCN2CC1CC(C)C. The van der Waals surface area contributed by atoms with Gasteiger partial charge in [0.25, 0.3) is 0 Å². The highest BCUT2D eigenvalue weighted by Crippen LogP contribution is 2.45. The van der Waals surface area contributed by atoms with Gasteiger partial charge in [-0.15, -0.1) is 0 Å². The van der Waals surface area contributed by atoms with E-state index in [4.69, 9.17) is 14.2 Å². The average molecular weight is 362 g/mol. The van der Waals surface area contributed by atoms with E-state index in [0.717, 1.165) is 49.5 Å². The Morgan fingerprint density at radius 3 is 2.50 bits per heavy atom. The van der Waals surface area contributed by atoms with Crippen LogP contribution in [0, 0.1) is 17.8 Å². The first-order valence-electron chi connectivity index (χ1n) is 10.1. The molecule has 146 valence electrons. The number of hydrogen-bond acceptors (Lipinski definition) is 4. The molecule has 2 aliphatic rings. The van der Waals surface area contributed by atoms with Crippen LogP contribution in [-0.4, -0.2) is 45.4 Å². The van der Waals surface area contributed by atoms with Gasteiger partial charge in [-0.25, -0.2) is 0 Å². The number of hydrogen-bond donors (Lipinski definition) is 0. The molecule has 1 saturated heterocycles. The molecule has 2 aliphatic heterocycles. The normalized spacial score (nSPS) is 25.7. The first kappa shape index (κ1) is 19.5. The van der Waals surface area contributed by atoms with Crippen LogP contribution in [0.25, 0.3) is 0 Å². The van der Waals surface area contributed by atoms with Crippen molar-refractivity contribution in [1.82, 2.24) is 4.90 Å². The topological polar surface area (TPSA) is 30.9 Å². The van der Waals surface area contributed by atoms with E-state index in [0.29, 0.717) is 12.0 Å². The smallest absolute Gasteiger partial charge is 0.161 e. The largest absolute Gasteiger partial charge is 0.493 e. The summed E-state index contributed by atoms with van der Waals surface area (Å²) in [4.78, 5) is 2.70. The maximum absolute atomic E-state index is 5.87. The lowest BCUT2D eigenvalue weighted by Gasteiger charge is -2.47. The van der Waals surface area contributed by atoms with Crippen LogP contribution >= 0.6 is 0 Å². The highest BCUT2D eigenvalue weighted by atomic mass is 16.5. The molecule has 3 unspecified atom stereocenters. The molecule has 4 heteroatoms. The number of fused-ring (bicyclic) bond motifs is 3. The van der Waals surface area contributed by atoms with Crippen LogP contribution in [0.1, 0.15) is 50.8 Å². The van der Waals surface area contributed by atoms with E-state index in [1.165, 1.54) is 30.5 Å². The summed E-state index contributed by atoms with van der Waals surface area (Å²) in [6.07, 6.45) is 3.57. The third-order valence-corrected chi connectivity index (χ3v) is 6.09. The summed E-state index contributed by atoms with van der Waals surface area (Å²) >= 11 is 0. The van der Waals surface area contributed by atoms with Gasteiger partial charge in [-0.1, -0.05) is 13.8 Å². The van der Waals surface area contributed by atoms with Crippen LogP contribution in [0.4, 0.5) is 0 Å². The number of methoxy groups -OCH3 is 2. The number of piperidine rings is 1. The Hall–Kier alpha value is -1.26. The van der Waals surface area contributed by atoms with Crippen LogP contribution in [0.15, 0.2) is 12.1 Å². The standard InChI is InChI=1S/C22H35NO3/c1-6-26-14-18-10-20-19-12-22(25-5)21(24-4)11-16(19)7-8-23(20)13-17(18)9-15(2)3/h11-12,15,17-18,20H,6-10,13-14H2,1-5H3. The van der Waals surface area contributed by atoms with E-state index < -0.39 is 0 Å². The Balaban J connectivity index is 1.87. The molecule has 3 rings (SSSR count). The van der Waals surface area contributed by atoms with E-state index in [1.807, 2.05) is 0 Å². The Morgan fingerprint density at radius 2 is 1.85 bits per heavy atom. The Kier molecular flexibility index (Phi) is 6.46. The summed E-state index contributed by atoms with van der Waals surface area (Å²) in [5, 5.41) is 0. The zero-order valence-electron chi connectivity index (χ0n) is 17.1. The van der Waals surface area contributed by atoms with Gasteiger partial charge in [-0.2, -0.15) is 0 Å². The molecule has 0 amide bonds. The molecule has 0 aliphatic carbocycles. The lowest BCUT2D eigenvalue weighted by molar-refractivity contribution is -0.00249. The van der Waals surface area contributed by atoms with Gasteiger partial charge < -0.3 is 14.2 Å². The van der Waals surface area contributed by atoms with Crippen molar-refractivity contribution in [3.05, 3.63) is 23.3 Å². The molecule has 1 fully saturated rings. The van der Waals surface area contributed by atoms with Crippen LogP contribution in [-0.2, 0) is 11.2 Å². The van der Waals surface area contributed by atoms with Gasteiger partial charge in [-0.05, 0) is 67.2 Å². The van der Waals surface area contributed by atoms with Crippen molar-refractivity contribution in [3.8, 4) is 11.5 Å². The van der Waals surface area contributed by atoms with E-state index in [1.54, 1.807) is 14.2 Å². The molecule has 0 spiro atoms. The van der Waals surface area contributed by atoms with E-state index >= 15 is 0 Å². The third kappa shape index (κ3) is 4.01. The molecule has 0 bridgehead atoms. The van der Waals surface area contributed by atoms with Crippen molar-refractivity contribution in [2.45, 2.75) is 46.1 Å². The van der Waals surface area contributed by atoms with Gasteiger partial charge in [0.2, 0.25) is 0 Å². The van der Waals surface area contributed by atoms with Crippen molar-refractivity contribution in [3.63, 3.8) is 0 Å². The fraction of sp³-hybridized carbons (Fsp3) is 0.727. The molecule has 3 atom stereocenters. The van der Waals surface area contributed by atoms with Gasteiger partial charge in [0.15, 0.2) is 11.5 Å². The summed E-state index contributed by atoms with van der Waals surface area (Å²) in [7, 11) is 3.44. The van der Waals surface area contributed by atoms with E-state index in [2.05, 4.69) is 37.8 Å². The zero-order chi connectivity index (χ0) is 18.7. The van der Waals surface area contributed by atoms with E-state index in [9.17, 15) is 0 Å². The van der Waals surface area contributed by atoms with E-state index in [-0.39, 0.29) is 0 Å². The molecular weight excluding hydrogens is 326 g/mol. The second-order valence-electron chi connectivity index (χ2n) is 8.21.